The van der Waals surface area contributed by atoms with E-state index in [0.29, 0.717) is 6.42 Å². The highest BCUT2D eigenvalue weighted by Gasteiger charge is 2.14. The Balaban J connectivity index is 3.13. The van der Waals surface area contributed by atoms with Crippen LogP contribution >= 0.6 is 0 Å². The lowest BCUT2D eigenvalue weighted by atomic mass is 9.91. The predicted octanol–water partition coefficient (Wildman–Crippen LogP) is 3.96. The molecule has 80 valence electrons. The summed E-state index contributed by atoms with van der Waals surface area (Å²) >= 11 is 0. The quantitative estimate of drug-likeness (QED) is 0.654. The van der Waals surface area contributed by atoms with E-state index in [1.165, 1.54) is 0 Å². The molecule has 0 aliphatic carbocycles. The second kappa shape index (κ2) is 4.98. The van der Waals surface area contributed by atoms with Crippen LogP contribution in [0.2, 0.25) is 0 Å². The smallest absolute Gasteiger partial charge is 0.126 e. The van der Waals surface area contributed by atoms with Crippen LogP contribution in [0, 0.1) is 32.0 Å². The number of halogens is 1. The molecule has 1 rings (SSSR count). The average molecular weight is 204 g/mol. The first kappa shape index (κ1) is 11.8. The lowest BCUT2D eigenvalue weighted by Gasteiger charge is -2.15. The summed E-state index contributed by atoms with van der Waals surface area (Å²) in [6.45, 7) is 5.96. The Morgan fingerprint density at radius 1 is 1.33 bits per heavy atom. The summed E-state index contributed by atoms with van der Waals surface area (Å²) in [4.78, 5) is 0. The van der Waals surface area contributed by atoms with Crippen molar-refractivity contribution in [3.63, 3.8) is 0 Å². The summed E-state index contributed by atoms with van der Waals surface area (Å²) in [5, 5.41) is 0. The van der Waals surface area contributed by atoms with Gasteiger partial charge in [-0.1, -0.05) is 13.0 Å². The fourth-order valence-corrected chi connectivity index (χ4v) is 1.73. The summed E-state index contributed by atoms with van der Waals surface area (Å²) in [7, 11) is 0. The normalized spacial score (nSPS) is 12.2. The first-order chi connectivity index (χ1) is 7.10. The topological polar surface area (TPSA) is 0 Å². The molecular formula is C14H17F. The Morgan fingerprint density at radius 3 is 2.47 bits per heavy atom. The van der Waals surface area contributed by atoms with Crippen molar-refractivity contribution in [3.8, 4) is 12.3 Å². The standard InChI is InChI=1S/C14H17F/c1-5-7-12(6-2)13-8-10(3)11(4)9-14(13)15/h1,8-9,12H,6-7H2,2-4H3. The van der Waals surface area contributed by atoms with Crippen molar-refractivity contribution >= 4 is 0 Å². The maximum atomic E-state index is 13.7. The highest BCUT2D eigenvalue weighted by atomic mass is 19.1. The molecule has 0 heterocycles. The second-order valence-corrected chi connectivity index (χ2v) is 3.97. The summed E-state index contributed by atoms with van der Waals surface area (Å²) in [6.07, 6.45) is 6.77. The highest BCUT2D eigenvalue weighted by Crippen LogP contribution is 2.27. The molecule has 1 heteroatoms. The van der Waals surface area contributed by atoms with E-state index in [1.54, 1.807) is 6.07 Å². The van der Waals surface area contributed by atoms with Gasteiger partial charge < -0.3 is 0 Å². The minimum absolute atomic E-state index is 0.125. The Morgan fingerprint density at radius 2 is 1.93 bits per heavy atom. The molecule has 0 aliphatic heterocycles. The van der Waals surface area contributed by atoms with E-state index in [0.717, 1.165) is 23.1 Å². The zero-order valence-corrected chi connectivity index (χ0v) is 9.60. The molecule has 1 aromatic carbocycles. The maximum Gasteiger partial charge on any atom is 0.126 e. The van der Waals surface area contributed by atoms with Gasteiger partial charge in [0.1, 0.15) is 5.82 Å². The van der Waals surface area contributed by atoms with E-state index < -0.39 is 0 Å². The van der Waals surface area contributed by atoms with E-state index in [2.05, 4.69) is 5.92 Å². The third-order valence-electron chi connectivity index (χ3n) is 2.91. The van der Waals surface area contributed by atoms with Crippen molar-refractivity contribution in [2.45, 2.75) is 39.5 Å². The van der Waals surface area contributed by atoms with Gasteiger partial charge in [0.15, 0.2) is 0 Å². The molecular weight excluding hydrogens is 187 g/mol. The number of rotatable bonds is 3. The van der Waals surface area contributed by atoms with Crippen LogP contribution in [0.1, 0.15) is 42.4 Å². The van der Waals surface area contributed by atoms with E-state index in [-0.39, 0.29) is 11.7 Å². The Kier molecular flexibility index (Phi) is 3.91. The second-order valence-electron chi connectivity index (χ2n) is 3.97. The zero-order valence-electron chi connectivity index (χ0n) is 9.60. The third-order valence-corrected chi connectivity index (χ3v) is 2.91. The van der Waals surface area contributed by atoms with Crippen molar-refractivity contribution < 1.29 is 4.39 Å². The van der Waals surface area contributed by atoms with Gasteiger partial charge in [-0.15, -0.1) is 12.3 Å². The Labute approximate surface area is 91.5 Å². The number of terminal acetylenes is 1. The van der Waals surface area contributed by atoms with Gasteiger partial charge in [-0.2, -0.15) is 0 Å². The lowest BCUT2D eigenvalue weighted by molar-refractivity contribution is 0.570. The third kappa shape index (κ3) is 2.59. The molecule has 0 spiro atoms. The number of hydrogen-bond acceptors (Lipinski definition) is 0. The van der Waals surface area contributed by atoms with Gasteiger partial charge >= 0.3 is 0 Å². The minimum atomic E-state index is -0.125. The molecule has 0 N–H and O–H groups in total. The summed E-state index contributed by atoms with van der Waals surface area (Å²) in [5.74, 6) is 2.63. The van der Waals surface area contributed by atoms with Crippen molar-refractivity contribution in [3.05, 3.63) is 34.6 Å². The van der Waals surface area contributed by atoms with Gasteiger partial charge in [0.2, 0.25) is 0 Å². The maximum absolute atomic E-state index is 13.7. The van der Waals surface area contributed by atoms with Crippen molar-refractivity contribution in [1.29, 1.82) is 0 Å². The molecule has 0 amide bonds. The summed E-state index contributed by atoms with van der Waals surface area (Å²) < 4.78 is 13.7. The van der Waals surface area contributed by atoms with E-state index in [4.69, 9.17) is 6.42 Å². The Hall–Kier alpha value is -1.29. The molecule has 0 saturated carbocycles. The van der Waals surface area contributed by atoms with Gasteiger partial charge in [0.25, 0.3) is 0 Å². The van der Waals surface area contributed by atoms with Crippen LogP contribution in [-0.2, 0) is 0 Å². The van der Waals surface area contributed by atoms with E-state index in [9.17, 15) is 4.39 Å². The van der Waals surface area contributed by atoms with Crippen LogP contribution in [0.15, 0.2) is 12.1 Å². The van der Waals surface area contributed by atoms with Crippen LogP contribution in [0.25, 0.3) is 0 Å². The molecule has 1 aromatic rings. The predicted molar refractivity (Wildman–Crippen MR) is 62.4 cm³/mol. The molecule has 15 heavy (non-hydrogen) atoms. The van der Waals surface area contributed by atoms with E-state index in [1.807, 2.05) is 26.8 Å². The van der Waals surface area contributed by atoms with E-state index >= 15 is 0 Å². The largest absolute Gasteiger partial charge is 0.207 e. The molecule has 0 nitrogen and oxygen atoms in total. The van der Waals surface area contributed by atoms with Gasteiger partial charge in [0.05, 0.1) is 0 Å². The monoisotopic (exact) mass is 204 g/mol. The molecule has 0 fully saturated rings. The van der Waals surface area contributed by atoms with Crippen LogP contribution in [0.5, 0.6) is 0 Å². The molecule has 0 bridgehead atoms. The summed E-state index contributed by atoms with van der Waals surface area (Å²) in [5.41, 5.74) is 2.88. The molecule has 0 saturated heterocycles. The van der Waals surface area contributed by atoms with Crippen molar-refractivity contribution in [2.24, 2.45) is 0 Å². The Bertz CT molecular complexity index is 385. The van der Waals surface area contributed by atoms with Crippen LogP contribution in [-0.4, -0.2) is 0 Å². The van der Waals surface area contributed by atoms with Crippen molar-refractivity contribution in [1.82, 2.24) is 0 Å². The van der Waals surface area contributed by atoms with Gasteiger partial charge in [-0.25, -0.2) is 4.39 Å². The van der Waals surface area contributed by atoms with Gasteiger partial charge in [-0.05, 0) is 48.9 Å². The molecule has 0 radical (unpaired) electrons. The summed E-state index contributed by atoms with van der Waals surface area (Å²) in [6, 6.07) is 3.53. The van der Waals surface area contributed by atoms with Gasteiger partial charge in [-0.3, -0.25) is 0 Å². The number of benzene rings is 1. The zero-order chi connectivity index (χ0) is 11.4. The molecule has 1 atom stereocenters. The highest BCUT2D eigenvalue weighted by molar-refractivity contribution is 5.33. The van der Waals surface area contributed by atoms with Crippen LogP contribution in [0.3, 0.4) is 0 Å². The lowest BCUT2D eigenvalue weighted by Crippen LogP contribution is -2.01. The number of aryl methyl sites for hydroxylation is 2. The fraction of sp³-hybridized carbons (Fsp3) is 0.429. The molecule has 0 aromatic heterocycles. The molecule has 0 aliphatic rings. The SMILES string of the molecule is C#CCC(CC)c1cc(C)c(C)cc1F. The van der Waals surface area contributed by atoms with Crippen molar-refractivity contribution in [2.75, 3.05) is 0 Å². The minimum Gasteiger partial charge on any atom is -0.207 e. The van der Waals surface area contributed by atoms with Crippen LogP contribution < -0.4 is 0 Å². The number of hydrogen-bond donors (Lipinski definition) is 0. The molecule has 1 unspecified atom stereocenters. The van der Waals surface area contributed by atoms with Crippen LogP contribution in [0.4, 0.5) is 4.39 Å². The average Bonchev–Trinajstić information content (AvgIpc) is 2.20. The first-order valence-electron chi connectivity index (χ1n) is 5.30. The fourth-order valence-electron chi connectivity index (χ4n) is 1.73. The first-order valence-corrected chi connectivity index (χ1v) is 5.30. The van der Waals surface area contributed by atoms with Gasteiger partial charge in [0, 0.05) is 6.42 Å².